The lowest BCUT2D eigenvalue weighted by Gasteiger charge is -2.13. The molecule has 0 saturated carbocycles. The molecule has 6 heteroatoms. The first-order chi connectivity index (χ1) is 9.38. The van der Waals surface area contributed by atoms with Gasteiger partial charge in [0.15, 0.2) is 17.5 Å². The number of benzene rings is 2. The van der Waals surface area contributed by atoms with Crippen LogP contribution in [0.2, 0.25) is 10.0 Å². The van der Waals surface area contributed by atoms with E-state index >= 15 is 0 Å². The van der Waals surface area contributed by atoms with E-state index in [2.05, 4.69) is 0 Å². The van der Waals surface area contributed by atoms with Gasteiger partial charge in [-0.1, -0.05) is 29.3 Å². The Morgan fingerprint density at radius 1 is 0.950 bits per heavy atom. The van der Waals surface area contributed by atoms with Crippen molar-refractivity contribution in [2.24, 2.45) is 5.73 Å². The zero-order chi connectivity index (χ0) is 14.9. The second kappa shape index (κ2) is 6.04. The maximum Gasteiger partial charge on any atom is 0.194 e. The van der Waals surface area contributed by atoms with Crippen molar-refractivity contribution in [3.63, 3.8) is 0 Å². The molecule has 0 bridgehead atoms. The van der Waals surface area contributed by atoms with Gasteiger partial charge in [0.1, 0.15) is 0 Å². The van der Waals surface area contributed by atoms with Gasteiger partial charge < -0.3 is 5.73 Å². The van der Waals surface area contributed by atoms with Crippen LogP contribution in [0.15, 0.2) is 30.3 Å². The smallest absolute Gasteiger partial charge is 0.194 e. The van der Waals surface area contributed by atoms with Gasteiger partial charge in [-0.2, -0.15) is 0 Å². The molecular formula is C14H10Cl2F3N. The maximum absolute atomic E-state index is 13.1. The van der Waals surface area contributed by atoms with Crippen LogP contribution in [0.1, 0.15) is 17.2 Å². The van der Waals surface area contributed by atoms with Crippen LogP contribution in [0.5, 0.6) is 0 Å². The van der Waals surface area contributed by atoms with Crippen molar-refractivity contribution in [1.82, 2.24) is 0 Å². The topological polar surface area (TPSA) is 26.0 Å². The highest BCUT2D eigenvalue weighted by Crippen LogP contribution is 2.26. The summed E-state index contributed by atoms with van der Waals surface area (Å²) in [5.74, 6) is -4.02. The molecule has 1 atom stereocenters. The molecule has 2 aromatic carbocycles. The first kappa shape index (κ1) is 15.2. The molecule has 0 heterocycles. The molecule has 2 rings (SSSR count). The highest BCUT2D eigenvalue weighted by molar-refractivity contribution is 6.42. The minimum absolute atomic E-state index is 0.174. The summed E-state index contributed by atoms with van der Waals surface area (Å²) in [5.41, 5.74) is 6.81. The monoisotopic (exact) mass is 319 g/mol. The fourth-order valence-electron chi connectivity index (χ4n) is 1.83. The van der Waals surface area contributed by atoms with Crippen LogP contribution in [-0.4, -0.2) is 0 Å². The van der Waals surface area contributed by atoms with Gasteiger partial charge in [-0.05, 0) is 41.8 Å². The normalized spacial score (nSPS) is 12.5. The van der Waals surface area contributed by atoms with E-state index in [0.717, 1.165) is 17.7 Å². The minimum atomic E-state index is -1.50. The minimum Gasteiger partial charge on any atom is -0.324 e. The molecule has 106 valence electrons. The molecule has 2 N–H and O–H groups in total. The highest BCUT2D eigenvalue weighted by Gasteiger charge is 2.15. The third-order valence-electron chi connectivity index (χ3n) is 2.87. The van der Waals surface area contributed by atoms with Crippen molar-refractivity contribution in [3.8, 4) is 0 Å². The molecule has 0 saturated heterocycles. The third kappa shape index (κ3) is 3.26. The summed E-state index contributed by atoms with van der Waals surface area (Å²) in [7, 11) is 0. The highest BCUT2D eigenvalue weighted by atomic mass is 35.5. The fraction of sp³-hybridized carbons (Fsp3) is 0.143. The summed E-state index contributed by atoms with van der Waals surface area (Å²) in [6.07, 6.45) is 0.293. The van der Waals surface area contributed by atoms with Gasteiger partial charge in [0.2, 0.25) is 0 Å². The van der Waals surface area contributed by atoms with Crippen molar-refractivity contribution >= 4 is 23.2 Å². The molecular weight excluding hydrogens is 310 g/mol. The lowest BCUT2D eigenvalue weighted by molar-refractivity contribution is 0.443. The van der Waals surface area contributed by atoms with Gasteiger partial charge >= 0.3 is 0 Å². The Hall–Kier alpha value is -1.23. The number of nitrogens with two attached hydrogens (primary N) is 1. The Morgan fingerprint density at radius 2 is 1.55 bits per heavy atom. The molecule has 0 spiro atoms. The molecule has 0 aliphatic rings. The van der Waals surface area contributed by atoms with Crippen LogP contribution in [0.3, 0.4) is 0 Å². The average Bonchev–Trinajstić information content (AvgIpc) is 2.39. The summed E-state index contributed by atoms with van der Waals surface area (Å²) in [6, 6.07) is 6.04. The number of hydrogen-bond acceptors (Lipinski definition) is 1. The molecule has 0 aliphatic carbocycles. The molecule has 0 amide bonds. The van der Waals surface area contributed by atoms with E-state index in [1.54, 1.807) is 18.2 Å². The van der Waals surface area contributed by atoms with E-state index in [-0.39, 0.29) is 5.56 Å². The van der Waals surface area contributed by atoms with Crippen LogP contribution in [-0.2, 0) is 6.42 Å². The van der Waals surface area contributed by atoms with Crippen LogP contribution in [0, 0.1) is 17.5 Å². The Labute approximate surface area is 124 Å². The van der Waals surface area contributed by atoms with Gasteiger partial charge in [-0.3, -0.25) is 0 Å². The summed E-state index contributed by atoms with van der Waals surface area (Å²) < 4.78 is 39.2. The zero-order valence-electron chi connectivity index (χ0n) is 10.1. The van der Waals surface area contributed by atoms with Crippen molar-refractivity contribution in [2.75, 3.05) is 0 Å². The van der Waals surface area contributed by atoms with Gasteiger partial charge in [-0.15, -0.1) is 0 Å². The van der Waals surface area contributed by atoms with Crippen molar-refractivity contribution in [1.29, 1.82) is 0 Å². The average molecular weight is 320 g/mol. The maximum atomic E-state index is 13.1. The van der Waals surface area contributed by atoms with E-state index in [9.17, 15) is 13.2 Å². The summed E-state index contributed by atoms with van der Waals surface area (Å²) in [5, 5.41) is 0.774. The Morgan fingerprint density at radius 3 is 2.10 bits per heavy atom. The molecule has 20 heavy (non-hydrogen) atoms. The van der Waals surface area contributed by atoms with E-state index in [1.807, 2.05) is 0 Å². The van der Waals surface area contributed by atoms with Gasteiger partial charge in [0.05, 0.1) is 10.0 Å². The molecule has 0 fully saturated rings. The summed E-state index contributed by atoms with van der Waals surface area (Å²) in [6.45, 7) is 0. The van der Waals surface area contributed by atoms with Crippen LogP contribution >= 0.6 is 23.2 Å². The Balaban J connectivity index is 2.23. The van der Waals surface area contributed by atoms with Crippen LogP contribution in [0.25, 0.3) is 0 Å². The molecule has 2 aromatic rings. The summed E-state index contributed by atoms with van der Waals surface area (Å²) in [4.78, 5) is 0. The number of halogens is 5. The standard InChI is InChI=1S/C14H10Cl2F3N/c15-9-2-1-7(3-10(9)16)4-13(20)8-5-11(17)14(19)12(18)6-8/h1-3,5-6,13H,4,20H2. The predicted molar refractivity (Wildman–Crippen MR) is 73.4 cm³/mol. The van der Waals surface area contributed by atoms with Gasteiger partial charge in [-0.25, -0.2) is 13.2 Å². The van der Waals surface area contributed by atoms with E-state index < -0.39 is 23.5 Å². The van der Waals surface area contributed by atoms with E-state index in [4.69, 9.17) is 28.9 Å². The summed E-state index contributed by atoms with van der Waals surface area (Å²) >= 11 is 11.7. The van der Waals surface area contributed by atoms with E-state index in [0.29, 0.717) is 16.5 Å². The first-order valence-electron chi connectivity index (χ1n) is 5.72. The second-order valence-corrected chi connectivity index (χ2v) is 5.17. The molecule has 0 aromatic heterocycles. The second-order valence-electron chi connectivity index (χ2n) is 4.36. The Kier molecular flexibility index (Phi) is 4.58. The van der Waals surface area contributed by atoms with E-state index in [1.165, 1.54) is 0 Å². The van der Waals surface area contributed by atoms with Crippen LogP contribution < -0.4 is 5.73 Å². The number of rotatable bonds is 3. The van der Waals surface area contributed by atoms with Crippen molar-refractivity contribution < 1.29 is 13.2 Å². The first-order valence-corrected chi connectivity index (χ1v) is 6.48. The Bertz CT molecular complexity index is 623. The molecule has 0 radical (unpaired) electrons. The van der Waals surface area contributed by atoms with Crippen molar-refractivity contribution in [2.45, 2.75) is 12.5 Å². The largest absolute Gasteiger partial charge is 0.324 e. The van der Waals surface area contributed by atoms with Crippen molar-refractivity contribution in [3.05, 3.63) is 69.0 Å². The zero-order valence-corrected chi connectivity index (χ0v) is 11.7. The molecule has 1 nitrogen and oxygen atoms in total. The lowest BCUT2D eigenvalue weighted by atomic mass is 9.99. The molecule has 1 unspecified atom stereocenters. The lowest BCUT2D eigenvalue weighted by Crippen LogP contribution is -2.14. The van der Waals surface area contributed by atoms with Gasteiger partial charge in [0, 0.05) is 6.04 Å². The fourth-order valence-corrected chi connectivity index (χ4v) is 2.15. The molecule has 0 aliphatic heterocycles. The SMILES string of the molecule is NC(Cc1ccc(Cl)c(Cl)c1)c1cc(F)c(F)c(F)c1. The van der Waals surface area contributed by atoms with Gasteiger partial charge in [0.25, 0.3) is 0 Å². The third-order valence-corrected chi connectivity index (χ3v) is 3.61. The number of hydrogen-bond donors (Lipinski definition) is 1. The van der Waals surface area contributed by atoms with Crippen LogP contribution in [0.4, 0.5) is 13.2 Å². The predicted octanol–water partition coefficient (Wildman–Crippen LogP) is 4.65. The quantitative estimate of drug-likeness (QED) is 0.818.